The van der Waals surface area contributed by atoms with Crippen LogP contribution in [0.2, 0.25) is 0 Å². The van der Waals surface area contributed by atoms with Crippen LogP contribution in [0.1, 0.15) is 25.7 Å². The molecule has 0 spiro atoms. The predicted molar refractivity (Wildman–Crippen MR) is 67.7 cm³/mol. The summed E-state index contributed by atoms with van der Waals surface area (Å²) in [5, 5.41) is 15.3. The SMILES string of the molecule is O=C(O)C1=NOC(C(=O)NCC2CCCCS2)C1. The quantitative estimate of drug-likeness (QED) is 0.783. The summed E-state index contributed by atoms with van der Waals surface area (Å²) in [5.41, 5.74) is -0.0952. The Kier molecular flexibility index (Phi) is 4.46. The van der Waals surface area contributed by atoms with Gasteiger partial charge < -0.3 is 15.3 Å². The zero-order valence-electron chi connectivity index (χ0n) is 9.92. The van der Waals surface area contributed by atoms with Crippen molar-refractivity contribution in [3.8, 4) is 0 Å². The summed E-state index contributed by atoms with van der Waals surface area (Å²) < 4.78 is 0. The molecule has 0 aromatic carbocycles. The van der Waals surface area contributed by atoms with Crippen LogP contribution in [0.25, 0.3) is 0 Å². The average Bonchev–Trinajstić information content (AvgIpc) is 2.87. The maximum Gasteiger partial charge on any atom is 0.353 e. The van der Waals surface area contributed by atoms with Crippen LogP contribution >= 0.6 is 11.8 Å². The number of oxime groups is 1. The lowest BCUT2D eigenvalue weighted by Gasteiger charge is -2.21. The Morgan fingerprint density at radius 3 is 2.94 bits per heavy atom. The number of thioether (sulfide) groups is 1. The molecule has 0 aliphatic carbocycles. The molecule has 100 valence electrons. The highest BCUT2D eigenvalue weighted by Crippen LogP contribution is 2.24. The molecule has 2 aliphatic heterocycles. The molecule has 6 nitrogen and oxygen atoms in total. The second kappa shape index (κ2) is 6.08. The number of nitrogens with zero attached hydrogens (tertiary/aromatic N) is 1. The van der Waals surface area contributed by atoms with Gasteiger partial charge in [-0.25, -0.2) is 4.79 Å². The van der Waals surface area contributed by atoms with Crippen molar-refractivity contribution in [2.45, 2.75) is 37.0 Å². The smallest absolute Gasteiger partial charge is 0.353 e. The lowest BCUT2D eigenvalue weighted by atomic mass is 10.1. The normalized spacial score (nSPS) is 27.2. The van der Waals surface area contributed by atoms with Crippen LogP contribution in [-0.4, -0.2) is 46.3 Å². The summed E-state index contributed by atoms with van der Waals surface area (Å²) in [6.07, 6.45) is 2.83. The summed E-state index contributed by atoms with van der Waals surface area (Å²) in [4.78, 5) is 27.2. The number of carboxylic acid groups (broad SMARTS) is 1. The van der Waals surface area contributed by atoms with E-state index in [1.165, 1.54) is 12.8 Å². The van der Waals surface area contributed by atoms with E-state index >= 15 is 0 Å². The molecule has 0 bridgehead atoms. The van der Waals surface area contributed by atoms with Crippen molar-refractivity contribution in [2.75, 3.05) is 12.3 Å². The fourth-order valence-electron chi connectivity index (χ4n) is 1.94. The van der Waals surface area contributed by atoms with Gasteiger partial charge in [0.2, 0.25) is 6.10 Å². The third-order valence-electron chi connectivity index (χ3n) is 2.99. The number of nitrogens with one attached hydrogen (secondary N) is 1. The number of hydrogen-bond acceptors (Lipinski definition) is 5. The molecule has 0 aromatic heterocycles. The molecule has 0 aromatic rings. The number of amides is 1. The Morgan fingerprint density at radius 2 is 2.33 bits per heavy atom. The van der Waals surface area contributed by atoms with Crippen LogP contribution in [0.3, 0.4) is 0 Å². The predicted octanol–water partition coefficient (Wildman–Crippen LogP) is 0.618. The Hall–Kier alpha value is -1.24. The molecule has 1 fully saturated rings. The number of rotatable bonds is 4. The van der Waals surface area contributed by atoms with E-state index in [0.717, 1.165) is 12.2 Å². The third-order valence-corrected chi connectivity index (χ3v) is 4.38. The zero-order valence-corrected chi connectivity index (χ0v) is 10.7. The van der Waals surface area contributed by atoms with E-state index in [2.05, 4.69) is 10.5 Å². The molecule has 2 aliphatic rings. The molecule has 2 N–H and O–H groups in total. The van der Waals surface area contributed by atoms with Gasteiger partial charge in [0.1, 0.15) is 0 Å². The van der Waals surface area contributed by atoms with Gasteiger partial charge >= 0.3 is 5.97 Å². The molecular formula is C11H16N2O4S. The first-order chi connectivity index (χ1) is 8.66. The molecular weight excluding hydrogens is 256 g/mol. The van der Waals surface area contributed by atoms with E-state index in [4.69, 9.17) is 9.94 Å². The number of aliphatic carboxylic acids is 1. The number of hydrogen-bond donors (Lipinski definition) is 2. The van der Waals surface area contributed by atoms with Gasteiger partial charge in [0.15, 0.2) is 5.71 Å². The highest BCUT2D eigenvalue weighted by molar-refractivity contribution is 7.99. The maximum absolute atomic E-state index is 11.7. The van der Waals surface area contributed by atoms with Gasteiger partial charge in [-0.15, -0.1) is 0 Å². The van der Waals surface area contributed by atoms with Crippen LogP contribution in [-0.2, 0) is 14.4 Å². The van der Waals surface area contributed by atoms with Crippen molar-refractivity contribution >= 4 is 29.4 Å². The van der Waals surface area contributed by atoms with Gasteiger partial charge in [-0.2, -0.15) is 11.8 Å². The molecule has 2 atom stereocenters. The minimum absolute atomic E-state index is 0.0407. The highest BCUT2D eigenvalue weighted by Gasteiger charge is 2.31. The van der Waals surface area contributed by atoms with E-state index < -0.39 is 12.1 Å². The van der Waals surface area contributed by atoms with Gasteiger partial charge in [-0.05, 0) is 18.6 Å². The van der Waals surface area contributed by atoms with E-state index in [9.17, 15) is 9.59 Å². The minimum atomic E-state index is -1.13. The standard InChI is InChI=1S/C11H16N2O4S/c14-10(9-5-8(11(15)16)13-17-9)12-6-7-3-1-2-4-18-7/h7,9H,1-6H2,(H,12,14)(H,15,16). The van der Waals surface area contributed by atoms with Crippen molar-refractivity contribution in [1.82, 2.24) is 5.32 Å². The van der Waals surface area contributed by atoms with Gasteiger partial charge in [0.25, 0.3) is 5.91 Å². The number of carboxylic acids is 1. The molecule has 1 amide bonds. The van der Waals surface area contributed by atoms with Crippen molar-refractivity contribution < 1.29 is 19.5 Å². The summed E-state index contributed by atoms with van der Waals surface area (Å²) >= 11 is 1.87. The summed E-state index contributed by atoms with van der Waals surface area (Å²) in [7, 11) is 0. The first kappa shape index (κ1) is 13.2. The Labute approximate surface area is 109 Å². The van der Waals surface area contributed by atoms with Crippen LogP contribution in [0.5, 0.6) is 0 Å². The van der Waals surface area contributed by atoms with Crippen molar-refractivity contribution in [3.63, 3.8) is 0 Å². The van der Waals surface area contributed by atoms with Gasteiger partial charge in [0.05, 0.1) is 0 Å². The monoisotopic (exact) mass is 272 g/mol. The molecule has 0 radical (unpaired) electrons. The van der Waals surface area contributed by atoms with Crippen molar-refractivity contribution in [3.05, 3.63) is 0 Å². The first-order valence-corrected chi connectivity index (χ1v) is 7.07. The van der Waals surface area contributed by atoms with Crippen LogP contribution in [0.15, 0.2) is 5.16 Å². The topological polar surface area (TPSA) is 88.0 Å². The first-order valence-electron chi connectivity index (χ1n) is 6.02. The lowest BCUT2D eigenvalue weighted by molar-refractivity contribution is -0.131. The van der Waals surface area contributed by atoms with Crippen LogP contribution in [0, 0.1) is 0 Å². The fraction of sp³-hybridized carbons (Fsp3) is 0.727. The molecule has 18 heavy (non-hydrogen) atoms. The van der Waals surface area contributed by atoms with Crippen LogP contribution < -0.4 is 5.32 Å². The van der Waals surface area contributed by atoms with Crippen molar-refractivity contribution in [2.24, 2.45) is 5.16 Å². The molecule has 0 saturated carbocycles. The molecule has 7 heteroatoms. The summed E-state index contributed by atoms with van der Waals surface area (Å²) in [6.45, 7) is 0.617. The third kappa shape index (κ3) is 3.38. The highest BCUT2D eigenvalue weighted by atomic mass is 32.2. The van der Waals surface area contributed by atoms with Gasteiger partial charge in [0, 0.05) is 18.2 Å². The molecule has 2 rings (SSSR count). The number of carbonyl (C=O) groups is 2. The van der Waals surface area contributed by atoms with Gasteiger partial charge in [-0.3, -0.25) is 4.79 Å². The molecule has 1 saturated heterocycles. The fourth-order valence-corrected chi connectivity index (χ4v) is 3.18. The minimum Gasteiger partial charge on any atom is -0.477 e. The molecule has 2 heterocycles. The lowest BCUT2D eigenvalue weighted by Crippen LogP contribution is -2.39. The number of carbonyl (C=O) groups excluding carboxylic acids is 1. The Morgan fingerprint density at radius 1 is 1.50 bits per heavy atom. The molecule has 2 unspecified atom stereocenters. The zero-order chi connectivity index (χ0) is 13.0. The van der Waals surface area contributed by atoms with Crippen molar-refractivity contribution in [1.29, 1.82) is 0 Å². The van der Waals surface area contributed by atoms with E-state index in [-0.39, 0.29) is 18.0 Å². The van der Waals surface area contributed by atoms with Gasteiger partial charge in [-0.1, -0.05) is 11.6 Å². The average molecular weight is 272 g/mol. The second-order valence-electron chi connectivity index (χ2n) is 4.38. The van der Waals surface area contributed by atoms with Crippen LogP contribution in [0.4, 0.5) is 0 Å². The Balaban J connectivity index is 1.71. The van der Waals surface area contributed by atoms with E-state index in [1.54, 1.807) is 0 Å². The summed E-state index contributed by atoms with van der Waals surface area (Å²) in [5.74, 6) is -0.262. The van der Waals surface area contributed by atoms with E-state index in [0.29, 0.717) is 11.8 Å². The second-order valence-corrected chi connectivity index (χ2v) is 5.78. The largest absolute Gasteiger partial charge is 0.477 e. The van der Waals surface area contributed by atoms with E-state index in [1.807, 2.05) is 11.8 Å². The Bertz CT molecular complexity index is 366. The summed E-state index contributed by atoms with van der Waals surface area (Å²) in [6, 6.07) is 0. The maximum atomic E-state index is 11.7.